The fourth-order valence-electron chi connectivity index (χ4n) is 4.55. The molecule has 0 bridgehead atoms. The van der Waals surface area contributed by atoms with E-state index in [1.54, 1.807) is 12.0 Å². The van der Waals surface area contributed by atoms with E-state index in [0.29, 0.717) is 43.3 Å². The Kier molecular flexibility index (Phi) is 11.9. The first kappa shape index (κ1) is 30.5. The van der Waals surface area contributed by atoms with Crippen molar-refractivity contribution in [3.63, 3.8) is 0 Å². The van der Waals surface area contributed by atoms with E-state index in [9.17, 15) is 9.59 Å². The highest BCUT2D eigenvalue weighted by Crippen LogP contribution is 2.29. The molecule has 1 atom stereocenters. The summed E-state index contributed by atoms with van der Waals surface area (Å²) in [5.74, 6) is 1.78. The van der Waals surface area contributed by atoms with Crippen molar-refractivity contribution in [3.05, 3.63) is 89.5 Å². The zero-order valence-electron chi connectivity index (χ0n) is 24.3. The Bertz CT molecular complexity index is 1230. The first-order valence-corrected chi connectivity index (χ1v) is 14.0. The molecule has 0 aliphatic rings. The fourth-order valence-corrected chi connectivity index (χ4v) is 4.55. The number of benzene rings is 3. The molecule has 3 rings (SSSR count). The molecule has 2 amide bonds. The van der Waals surface area contributed by atoms with Crippen molar-refractivity contribution >= 4 is 11.8 Å². The van der Waals surface area contributed by atoms with Crippen LogP contribution in [-0.2, 0) is 29.0 Å². The van der Waals surface area contributed by atoms with Gasteiger partial charge < -0.3 is 24.4 Å². The zero-order valence-corrected chi connectivity index (χ0v) is 24.3. The van der Waals surface area contributed by atoms with E-state index in [-0.39, 0.29) is 30.8 Å². The van der Waals surface area contributed by atoms with E-state index in [2.05, 4.69) is 5.32 Å². The van der Waals surface area contributed by atoms with Gasteiger partial charge in [-0.3, -0.25) is 9.59 Å². The summed E-state index contributed by atoms with van der Waals surface area (Å²) in [4.78, 5) is 29.2. The smallest absolute Gasteiger partial charge is 0.243 e. The number of aryl methyl sites for hydroxylation is 1. The number of nitrogens with one attached hydrogen (secondary N) is 1. The average molecular weight is 547 g/mol. The number of ether oxygens (including phenoxy) is 3. The predicted octanol–water partition coefficient (Wildman–Crippen LogP) is 5.59. The van der Waals surface area contributed by atoms with E-state index in [0.717, 1.165) is 16.7 Å². The second-order valence-corrected chi connectivity index (χ2v) is 9.89. The molecule has 214 valence electrons. The maximum Gasteiger partial charge on any atom is 0.243 e. The number of rotatable bonds is 15. The number of hydrogen-bond acceptors (Lipinski definition) is 5. The maximum atomic E-state index is 13.9. The van der Waals surface area contributed by atoms with Crippen LogP contribution in [0.2, 0.25) is 0 Å². The van der Waals surface area contributed by atoms with Gasteiger partial charge in [-0.25, -0.2) is 0 Å². The normalized spacial score (nSPS) is 11.6. The molecule has 7 heteroatoms. The molecule has 0 saturated heterocycles. The lowest BCUT2D eigenvalue weighted by Crippen LogP contribution is -2.51. The summed E-state index contributed by atoms with van der Waals surface area (Å²) in [6.45, 7) is 9.05. The van der Waals surface area contributed by atoms with Crippen molar-refractivity contribution in [2.24, 2.45) is 0 Å². The third-order valence-electron chi connectivity index (χ3n) is 6.42. The summed E-state index contributed by atoms with van der Waals surface area (Å²) < 4.78 is 16.9. The summed E-state index contributed by atoms with van der Waals surface area (Å²) in [5.41, 5.74) is 2.85. The highest BCUT2D eigenvalue weighted by atomic mass is 16.5. The number of amides is 2. The third-order valence-corrected chi connectivity index (χ3v) is 6.42. The summed E-state index contributed by atoms with van der Waals surface area (Å²) >= 11 is 0. The summed E-state index contributed by atoms with van der Waals surface area (Å²) in [6.07, 6.45) is 1.15. The number of methoxy groups -OCH3 is 1. The van der Waals surface area contributed by atoms with Gasteiger partial charge in [-0.15, -0.1) is 0 Å². The van der Waals surface area contributed by atoms with Gasteiger partial charge >= 0.3 is 0 Å². The van der Waals surface area contributed by atoms with Crippen molar-refractivity contribution in [2.75, 3.05) is 20.3 Å². The van der Waals surface area contributed by atoms with Gasteiger partial charge in [0.2, 0.25) is 11.8 Å². The molecule has 0 aromatic heterocycles. The van der Waals surface area contributed by atoms with Crippen LogP contribution in [0.1, 0.15) is 50.8 Å². The minimum absolute atomic E-state index is 0.0552. The fraction of sp³-hybridized carbons (Fsp3) is 0.394. The number of hydrogen-bond donors (Lipinski definition) is 1. The van der Waals surface area contributed by atoms with Crippen LogP contribution in [0, 0.1) is 0 Å². The number of carbonyl (C=O) groups excluding carboxylic acids is 2. The Labute approximate surface area is 238 Å². The molecule has 0 heterocycles. The molecule has 3 aromatic rings. The second-order valence-electron chi connectivity index (χ2n) is 9.89. The van der Waals surface area contributed by atoms with E-state index in [4.69, 9.17) is 14.2 Å². The van der Waals surface area contributed by atoms with Crippen LogP contribution in [0.25, 0.3) is 0 Å². The van der Waals surface area contributed by atoms with Crippen LogP contribution in [0.3, 0.4) is 0 Å². The first-order valence-electron chi connectivity index (χ1n) is 14.0. The number of carbonyl (C=O) groups is 2. The molecule has 0 fully saturated rings. The van der Waals surface area contributed by atoms with Crippen molar-refractivity contribution in [3.8, 4) is 17.2 Å². The molecular formula is C33H42N2O5. The Balaban J connectivity index is 1.91. The molecule has 3 aromatic carbocycles. The largest absolute Gasteiger partial charge is 0.497 e. The van der Waals surface area contributed by atoms with Crippen LogP contribution >= 0.6 is 0 Å². The minimum Gasteiger partial charge on any atom is -0.497 e. The summed E-state index contributed by atoms with van der Waals surface area (Å²) in [7, 11) is 1.61. The Morgan fingerprint density at radius 3 is 2.20 bits per heavy atom. The van der Waals surface area contributed by atoms with Crippen LogP contribution in [0.15, 0.2) is 72.8 Å². The standard InChI is InChI=1S/C33H42N2O5/c1-6-39-30-18-16-26(22-31(30)40-7-2)17-19-32(36)35(23-27-14-11-15-28(20-27)38-5)29(33(37)34-24(3)4)21-25-12-9-8-10-13-25/h8-16,18,20,22,24,29H,6-7,17,19,21,23H2,1-5H3,(H,34,37)/t29-/m1/s1. The predicted molar refractivity (Wildman–Crippen MR) is 158 cm³/mol. The van der Waals surface area contributed by atoms with Gasteiger partial charge in [0.25, 0.3) is 0 Å². The molecule has 0 saturated carbocycles. The van der Waals surface area contributed by atoms with Gasteiger partial charge in [0.1, 0.15) is 11.8 Å². The molecule has 0 aliphatic carbocycles. The molecule has 7 nitrogen and oxygen atoms in total. The quantitative estimate of drug-likeness (QED) is 0.269. The lowest BCUT2D eigenvalue weighted by molar-refractivity contribution is -0.141. The first-order chi connectivity index (χ1) is 19.3. The third kappa shape index (κ3) is 9.04. The molecule has 0 aliphatic heterocycles. The minimum atomic E-state index is -0.678. The van der Waals surface area contributed by atoms with Crippen LogP contribution in [0.5, 0.6) is 17.2 Å². The molecule has 0 unspecified atom stereocenters. The summed E-state index contributed by atoms with van der Waals surface area (Å²) in [5, 5.41) is 3.03. The average Bonchev–Trinajstić information content (AvgIpc) is 2.95. The molecule has 0 radical (unpaired) electrons. The van der Waals surface area contributed by atoms with Crippen LogP contribution < -0.4 is 19.5 Å². The molecule has 0 spiro atoms. The van der Waals surface area contributed by atoms with E-state index < -0.39 is 6.04 Å². The molecular weight excluding hydrogens is 504 g/mol. The number of nitrogens with zero attached hydrogens (tertiary/aromatic N) is 1. The van der Waals surface area contributed by atoms with Crippen molar-refractivity contribution in [2.45, 2.75) is 65.6 Å². The van der Waals surface area contributed by atoms with Gasteiger partial charge in [-0.2, -0.15) is 0 Å². The van der Waals surface area contributed by atoms with E-state index >= 15 is 0 Å². The SMILES string of the molecule is CCOc1ccc(CCC(=O)N(Cc2cccc(OC)c2)[C@H](Cc2ccccc2)C(=O)NC(C)C)cc1OCC. The van der Waals surface area contributed by atoms with Crippen LogP contribution in [-0.4, -0.2) is 49.1 Å². The summed E-state index contributed by atoms with van der Waals surface area (Å²) in [6, 6.07) is 22.5. The van der Waals surface area contributed by atoms with E-state index in [1.165, 1.54) is 0 Å². The highest BCUT2D eigenvalue weighted by Gasteiger charge is 2.30. The lowest BCUT2D eigenvalue weighted by Gasteiger charge is -2.32. The lowest BCUT2D eigenvalue weighted by atomic mass is 10.0. The highest BCUT2D eigenvalue weighted by molar-refractivity contribution is 5.88. The van der Waals surface area contributed by atoms with Crippen LogP contribution in [0.4, 0.5) is 0 Å². The molecule has 1 N–H and O–H groups in total. The topological polar surface area (TPSA) is 77.1 Å². The van der Waals surface area contributed by atoms with Gasteiger partial charge in [0, 0.05) is 25.4 Å². The van der Waals surface area contributed by atoms with Gasteiger partial charge in [-0.05, 0) is 75.1 Å². The second kappa shape index (κ2) is 15.6. The maximum absolute atomic E-state index is 13.9. The van der Waals surface area contributed by atoms with E-state index in [1.807, 2.05) is 100 Å². The molecule has 40 heavy (non-hydrogen) atoms. The van der Waals surface area contributed by atoms with Gasteiger partial charge in [-0.1, -0.05) is 48.5 Å². The Morgan fingerprint density at radius 2 is 1.52 bits per heavy atom. The van der Waals surface area contributed by atoms with Crippen molar-refractivity contribution < 1.29 is 23.8 Å². The monoisotopic (exact) mass is 546 g/mol. The zero-order chi connectivity index (χ0) is 28.9. The van der Waals surface area contributed by atoms with Gasteiger partial charge in [0.05, 0.1) is 20.3 Å². The van der Waals surface area contributed by atoms with Crippen molar-refractivity contribution in [1.82, 2.24) is 10.2 Å². The van der Waals surface area contributed by atoms with Crippen molar-refractivity contribution in [1.29, 1.82) is 0 Å². The van der Waals surface area contributed by atoms with Gasteiger partial charge in [0.15, 0.2) is 11.5 Å². The Hall–Kier alpha value is -4.00. The Morgan fingerprint density at radius 1 is 0.825 bits per heavy atom.